The molecule has 1 aliphatic heterocycles. The fourth-order valence-corrected chi connectivity index (χ4v) is 2.58. The number of aliphatic hydroxyl groups is 1. The highest BCUT2D eigenvalue weighted by Crippen LogP contribution is 2.45. The second kappa shape index (κ2) is 3.44. The van der Waals surface area contributed by atoms with E-state index in [-0.39, 0.29) is 0 Å². The van der Waals surface area contributed by atoms with Gasteiger partial charge in [-0.1, -0.05) is 0 Å². The van der Waals surface area contributed by atoms with Crippen LogP contribution < -0.4 is 4.90 Å². The predicted molar refractivity (Wildman–Crippen MR) is 66.6 cm³/mol. The van der Waals surface area contributed by atoms with Gasteiger partial charge in [0.2, 0.25) is 0 Å². The molecule has 1 aliphatic carbocycles. The largest absolute Gasteiger partial charge is 0.386 e. The van der Waals surface area contributed by atoms with Crippen molar-refractivity contribution in [1.29, 1.82) is 0 Å². The average Bonchev–Trinajstić information content (AvgIpc) is 3.01. The molecule has 0 unspecified atom stereocenters. The SMILES string of the molecule is Cc1nc(N2CC(O)(C3CC3)C2)ccc1Br. The van der Waals surface area contributed by atoms with E-state index in [9.17, 15) is 5.11 Å². The summed E-state index contributed by atoms with van der Waals surface area (Å²) in [5.74, 6) is 1.52. The van der Waals surface area contributed by atoms with Gasteiger partial charge in [0.1, 0.15) is 11.4 Å². The standard InChI is InChI=1S/C12H15BrN2O/c1-8-10(13)4-5-11(14-8)15-6-12(16,7-15)9-2-3-9/h4-5,9,16H,2-3,6-7H2,1H3. The third kappa shape index (κ3) is 1.64. The van der Waals surface area contributed by atoms with Crippen molar-refractivity contribution in [2.24, 2.45) is 5.92 Å². The first-order valence-electron chi connectivity index (χ1n) is 5.69. The van der Waals surface area contributed by atoms with Gasteiger partial charge < -0.3 is 10.0 Å². The number of hydrogen-bond donors (Lipinski definition) is 1. The monoisotopic (exact) mass is 282 g/mol. The van der Waals surface area contributed by atoms with Gasteiger partial charge in [-0.2, -0.15) is 0 Å². The Morgan fingerprint density at radius 1 is 1.44 bits per heavy atom. The van der Waals surface area contributed by atoms with Gasteiger partial charge in [-0.05, 0) is 53.7 Å². The number of nitrogens with zero attached hydrogens (tertiary/aromatic N) is 2. The Kier molecular flexibility index (Phi) is 2.27. The van der Waals surface area contributed by atoms with Crippen molar-refractivity contribution in [2.75, 3.05) is 18.0 Å². The highest BCUT2D eigenvalue weighted by Gasteiger charge is 2.52. The molecule has 2 aliphatic rings. The molecular formula is C12H15BrN2O. The second-order valence-corrected chi connectivity index (χ2v) is 5.82. The molecule has 1 saturated carbocycles. The van der Waals surface area contributed by atoms with Crippen molar-refractivity contribution in [2.45, 2.75) is 25.4 Å². The summed E-state index contributed by atoms with van der Waals surface area (Å²) in [5, 5.41) is 10.2. The van der Waals surface area contributed by atoms with Crippen LogP contribution in [-0.2, 0) is 0 Å². The predicted octanol–water partition coefficient (Wildman–Crippen LogP) is 2.11. The van der Waals surface area contributed by atoms with Crippen LogP contribution in [0.15, 0.2) is 16.6 Å². The summed E-state index contributed by atoms with van der Waals surface area (Å²) < 4.78 is 1.04. The van der Waals surface area contributed by atoms with Crippen LogP contribution in [0.3, 0.4) is 0 Å². The molecule has 16 heavy (non-hydrogen) atoms. The zero-order valence-electron chi connectivity index (χ0n) is 9.28. The minimum Gasteiger partial charge on any atom is -0.386 e. The molecule has 3 rings (SSSR count). The van der Waals surface area contributed by atoms with E-state index < -0.39 is 5.60 Å². The Morgan fingerprint density at radius 2 is 2.12 bits per heavy atom. The normalized spacial score (nSPS) is 23.1. The number of aromatic nitrogens is 1. The molecule has 2 heterocycles. The zero-order chi connectivity index (χ0) is 11.3. The summed E-state index contributed by atoms with van der Waals surface area (Å²) in [7, 11) is 0. The van der Waals surface area contributed by atoms with E-state index in [1.165, 1.54) is 12.8 Å². The van der Waals surface area contributed by atoms with Crippen molar-refractivity contribution in [1.82, 2.24) is 4.98 Å². The highest BCUT2D eigenvalue weighted by atomic mass is 79.9. The maximum absolute atomic E-state index is 10.2. The van der Waals surface area contributed by atoms with E-state index in [1.807, 2.05) is 19.1 Å². The molecule has 0 bridgehead atoms. The first kappa shape index (κ1) is 10.5. The summed E-state index contributed by atoms with van der Waals surface area (Å²) in [4.78, 5) is 6.66. The molecule has 1 N–H and O–H groups in total. The van der Waals surface area contributed by atoms with E-state index in [2.05, 4.69) is 25.8 Å². The summed E-state index contributed by atoms with van der Waals surface area (Å²) in [5.41, 5.74) is 0.571. The minimum atomic E-state index is -0.428. The van der Waals surface area contributed by atoms with Crippen LogP contribution in [0.5, 0.6) is 0 Å². The molecule has 0 atom stereocenters. The molecule has 2 fully saturated rings. The molecule has 1 aromatic rings. The van der Waals surface area contributed by atoms with Crippen LogP contribution in [0.1, 0.15) is 18.5 Å². The smallest absolute Gasteiger partial charge is 0.129 e. The Hall–Kier alpha value is -0.610. The van der Waals surface area contributed by atoms with E-state index in [0.29, 0.717) is 5.92 Å². The van der Waals surface area contributed by atoms with Crippen LogP contribution in [0.2, 0.25) is 0 Å². The van der Waals surface area contributed by atoms with Gasteiger partial charge in [-0.15, -0.1) is 0 Å². The number of β-amino-alcohol motifs (C(OH)–C–C–N with tert-alkyl or cyclic N) is 1. The molecular weight excluding hydrogens is 268 g/mol. The number of pyridine rings is 1. The quantitative estimate of drug-likeness (QED) is 0.903. The van der Waals surface area contributed by atoms with Crippen molar-refractivity contribution in [3.8, 4) is 0 Å². The second-order valence-electron chi connectivity index (χ2n) is 4.97. The van der Waals surface area contributed by atoms with Crippen molar-refractivity contribution < 1.29 is 5.11 Å². The zero-order valence-corrected chi connectivity index (χ0v) is 10.9. The fourth-order valence-electron chi connectivity index (χ4n) is 2.36. The molecule has 0 radical (unpaired) electrons. The third-order valence-corrected chi connectivity index (χ3v) is 4.44. The molecule has 0 amide bonds. The Bertz CT molecular complexity index is 425. The Morgan fingerprint density at radius 3 is 2.69 bits per heavy atom. The number of aryl methyl sites for hydroxylation is 1. The van der Waals surface area contributed by atoms with Crippen LogP contribution in [-0.4, -0.2) is 28.8 Å². The lowest BCUT2D eigenvalue weighted by atomic mass is 9.89. The third-order valence-electron chi connectivity index (χ3n) is 3.60. The summed E-state index contributed by atoms with van der Waals surface area (Å²) in [6.45, 7) is 3.47. The molecule has 1 saturated heterocycles. The highest BCUT2D eigenvalue weighted by molar-refractivity contribution is 9.10. The van der Waals surface area contributed by atoms with Crippen molar-refractivity contribution in [3.05, 3.63) is 22.3 Å². The fraction of sp³-hybridized carbons (Fsp3) is 0.583. The Balaban J connectivity index is 1.73. The maximum Gasteiger partial charge on any atom is 0.129 e. The molecule has 1 aromatic heterocycles. The summed E-state index contributed by atoms with van der Waals surface area (Å²) in [6, 6.07) is 4.02. The summed E-state index contributed by atoms with van der Waals surface area (Å²) in [6.07, 6.45) is 2.38. The van der Waals surface area contributed by atoms with E-state index in [0.717, 1.165) is 29.1 Å². The number of hydrogen-bond acceptors (Lipinski definition) is 3. The van der Waals surface area contributed by atoms with Gasteiger partial charge in [0.15, 0.2) is 0 Å². The van der Waals surface area contributed by atoms with Crippen molar-refractivity contribution >= 4 is 21.7 Å². The number of rotatable bonds is 2. The lowest BCUT2D eigenvalue weighted by molar-refractivity contribution is -0.00975. The van der Waals surface area contributed by atoms with Gasteiger partial charge in [0, 0.05) is 4.47 Å². The van der Waals surface area contributed by atoms with E-state index in [1.54, 1.807) is 0 Å². The van der Waals surface area contributed by atoms with E-state index in [4.69, 9.17) is 0 Å². The lowest BCUT2D eigenvalue weighted by Gasteiger charge is -2.47. The van der Waals surface area contributed by atoms with Gasteiger partial charge in [-0.25, -0.2) is 4.98 Å². The molecule has 4 heteroatoms. The molecule has 0 spiro atoms. The number of halogens is 1. The minimum absolute atomic E-state index is 0.428. The molecule has 0 aromatic carbocycles. The van der Waals surface area contributed by atoms with Gasteiger partial charge >= 0.3 is 0 Å². The topological polar surface area (TPSA) is 36.4 Å². The molecule has 86 valence electrons. The summed E-state index contributed by atoms with van der Waals surface area (Å²) >= 11 is 3.44. The van der Waals surface area contributed by atoms with Crippen LogP contribution in [0.4, 0.5) is 5.82 Å². The lowest BCUT2D eigenvalue weighted by Crippen LogP contribution is -2.63. The van der Waals surface area contributed by atoms with E-state index >= 15 is 0 Å². The first-order chi connectivity index (χ1) is 7.58. The number of anilines is 1. The van der Waals surface area contributed by atoms with Gasteiger partial charge in [0.05, 0.1) is 18.8 Å². The van der Waals surface area contributed by atoms with Crippen LogP contribution in [0.25, 0.3) is 0 Å². The first-order valence-corrected chi connectivity index (χ1v) is 6.48. The van der Waals surface area contributed by atoms with Crippen LogP contribution >= 0.6 is 15.9 Å². The average molecular weight is 283 g/mol. The molecule has 3 nitrogen and oxygen atoms in total. The van der Waals surface area contributed by atoms with Crippen LogP contribution in [0, 0.1) is 12.8 Å². The van der Waals surface area contributed by atoms with Gasteiger partial charge in [-0.3, -0.25) is 0 Å². The maximum atomic E-state index is 10.2. The van der Waals surface area contributed by atoms with Gasteiger partial charge in [0.25, 0.3) is 0 Å². The van der Waals surface area contributed by atoms with Crippen molar-refractivity contribution in [3.63, 3.8) is 0 Å². The Labute approximate surface area is 104 Å².